The van der Waals surface area contributed by atoms with Crippen molar-refractivity contribution in [1.82, 2.24) is 15.1 Å². The third-order valence-electron chi connectivity index (χ3n) is 5.72. The lowest BCUT2D eigenvalue weighted by atomic mass is 9.91. The summed E-state index contributed by atoms with van der Waals surface area (Å²) in [5, 5.41) is 19.3. The summed E-state index contributed by atoms with van der Waals surface area (Å²) >= 11 is 0. The van der Waals surface area contributed by atoms with Gasteiger partial charge in [0.15, 0.2) is 11.6 Å². The summed E-state index contributed by atoms with van der Waals surface area (Å²) in [6.07, 6.45) is 4.06. The summed E-state index contributed by atoms with van der Waals surface area (Å²) in [5.74, 6) is -2.77. The lowest BCUT2D eigenvalue weighted by Crippen LogP contribution is -2.51. The zero-order chi connectivity index (χ0) is 23.5. The lowest BCUT2D eigenvalue weighted by molar-refractivity contribution is 0.0940. The second-order valence-electron chi connectivity index (χ2n) is 8.04. The summed E-state index contributed by atoms with van der Waals surface area (Å²) < 4.78 is 44.2. The van der Waals surface area contributed by atoms with Crippen molar-refractivity contribution in [1.29, 1.82) is 5.26 Å². The molecule has 0 bridgehead atoms. The summed E-state index contributed by atoms with van der Waals surface area (Å²) in [6, 6.07) is 7.82. The smallest absolute Gasteiger partial charge is 0.207 e. The van der Waals surface area contributed by atoms with Crippen molar-refractivity contribution >= 4 is 11.5 Å². The number of aromatic nitrogens is 2. The van der Waals surface area contributed by atoms with Crippen LogP contribution in [-0.2, 0) is 7.05 Å². The minimum Gasteiger partial charge on any atom is -0.369 e. The number of ketones is 1. The molecule has 0 amide bonds. The number of nitriles is 1. The molecule has 0 spiro atoms. The fraction of sp³-hybridized carbons (Fsp3) is 0.292. The molecule has 4 rings (SSSR count). The van der Waals surface area contributed by atoms with E-state index >= 15 is 0 Å². The molecule has 0 saturated carbocycles. The Morgan fingerprint density at radius 2 is 1.91 bits per heavy atom. The zero-order valence-corrected chi connectivity index (χ0v) is 17.9. The van der Waals surface area contributed by atoms with Gasteiger partial charge in [-0.15, -0.1) is 0 Å². The first-order valence-electron chi connectivity index (χ1n) is 10.6. The molecule has 1 unspecified atom stereocenters. The summed E-state index contributed by atoms with van der Waals surface area (Å²) in [5.41, 5.74) is 0.574. The van der Waals surface area contributed by atoms with Crippen molar-refractivity contribution in [2.75, 3.05) is 11.9 Å². The van der Waals surface area contributed by atoms with Crippen molar-refractivity contribution in [3.63, 3.8) is 0 Å². The molecule has 0 radical (unpaired) electrons. The molecule has 0 aliphatic carbocycles. The largest absolute Gasteiger partial charge is 0.369 e. The van der Waals surface area contributed by atoms with Crippen molar-refractivity contribution in [3.8, 4) is 17.2 Å². The van der Waals surface area contributed by atoms with Crippen LogP contribution in [0.1, 0.15) is 35.3 Å². The van der Waals surface area contributed by atoms with Crippen molar-refractivity contribution in [2.45, 2.75) is 31.3 Å². The van der Waals surface area contributed by atoms with Gasteiger partial charge in [0.05, 0.1) is 11.6 Å². The zero-order valence-electron chi connectivity index (χ0n) is 17.9. The van der Waals surface area contributed by atoms with Gasteiger partial charge >= 0.3 is 0 Å². The van der Waals surface area contributed by atoms with Gasteiger partial charge in [0, 0.05) is 24.8 Å². The minimum absolute atomic E-state index is 0.114. The molecule has 2 heterocycles. The Labute approximate surface area is 189 Å². The molecule has 170 valence electrons. The molecule has 3 aromatic rings. The summed E-state index contributed by atoms with van der Waals surface area (Å²) in [4.78, 5) is 13.7. The first-order valence-corrected chi connectivity index (χ1v) is 10.6. The molecule has 33 heavy (non-hydrogen) atoms. The number of nitrogens with zero attached hydrogens (tertiary/aromatic N) is 3. The van der Waals surface area contributed by atoms with Crippen LogP contribution in [0.25, 0.3) is 11.1 Å². The Hall–Kier alpha value is -3.64. The van der Waals surface area contributed by atoms with Gasteiger partial charge in [-0.1, -0.05) is 18.6 Å². The van der Waals surface area contributed by atoms with E-state index in [1.807, 2.05) is 0 Å². The van der Waals surface area contributed by atoms with Crippen molar-refractivity contribution < 1.29 is 18.0 Å². The molecule has 2 atom stereocenters. The molecular formula is C24H22F3N5O. The SMILES string of the molecule is Cn1cc(-c2ccc(F)cc2)c(C(=O)[C@@H](Nc2c(F)cc(C#N)cc2F)C2CCCCN2)n1. The third-order valence-corrected chi connectivity index (χ3v) is 5.72. The van der Waals surface area contributed by atoms with Crippen LogP contribution in [-0.4, -0.2) is 34.2 Å². The Bertz CT molecular complexity index is 1190. The number of benzene rings is 2. The van der Waals surface area contributed by atoms with Gasteiger partial charge in [0.1, 0.15) is 23.2 Å². The highest BCUT2D eigenvalue weighted by Gasteiger charge is 2.34. The number of nitrogens with one attached hydrogen (secondary N) is 2. The minimum atomic E-state index is -1.02. The highest BCUT2D eigenvalue weighted by Crippen LogP contribution is 2.28. The Morgan fingerprint density at radius 3 is 2.52 bits per heavy atom. The third kappa shape index (κ3) is 4.76. The second-order valence-corrected chi connectivity index (χ2v) is 8.04. The van der Waals surface area contributed by atoms with Crippen LogP contribution in [0, 0.1) is 28.8 Å². The first-order chi connectivity index (χ1) is 15.9. The quantitative estimate of drug-likeness (QED) is 0.547. The highest BCUT2D eigenvalue weighted by atomic mass is 19.1. The number of aryl methyl sites for hydroxylation is 1. The summed E-state index contributed by atoms with van der Waals surface area (Å²) in [6.45, 7) is 0.668. The van der Waals surface area contributed by atoms with Gasteiger partial charge < -0.3 is 10.6 Å². The van der Waals surface area contributed by atoms with E-state index in [0.29, 0.717) is 24.1 Å². The standard InChI is InChI=1S/C24H22F3N5O/c1-32-13-17(15-5-7-16(25)8-6-15)21(31-32)24(33)23(20-4-2-3-9-29-20)30-22-18(26)10-14(12-28)11-19(22)27/h5-8,10-11,13,20,23,29-30H,2-4,9H2,1H3/t20?,23-/m0/s1. The van der Waals surface area contributed by atoms with E-state index in [9.17, 15) is 18.0 Å². The monoisotopic (exact) mass is 453 g/mol. The van der Waals surface area contributed by atoms with E-state index in [4.69, 9.17) is 5.26 Å². The predicted molar refractivity (Wildman–Crippen MR) is 117 cm³/mol. The highest BCUT2D eigenvalue weighted by molar-refractivity contribution is 6.05. The lowest BCUT2D eigenvalue weighted by Gasteiger charge is -2.31. The predicted octanol–water partition coefficient (Wildman–Crippen LogP) is 4.18. The number of hydrogen-bond donors (Lipinski definition) is 2. The van der Waals surface area contributed by atoms with Crippen LogP contribution < -0.4 is 10.6 Å². The van der Waals surface area contributed by atoms with Crippen molar-refractivity contribution in [2.24, 2.45) is 7.05 Å². The molecule has 2 N–H and O–H groups in total. The maximum Gasteiger partial charge on any atom is 0.207 e. The van der Waals surface area contributed by atoms with Crippen LogP contribution in [0.4, 0.5) is 18.9 Å². The van der Waals surface area contributed by atoms with Gasteiger partial charge in [-0.2, -0.15) is 10.4 Å². The average Bonchev–Trinajstić information content (AvgIpc) is 3.21. The Kier molecular flexibility index (Phi) is 6.47. The molecule has 2 aromatic carbocycles. The second kappa shape index (κ2) is 9.46. The average molecular weight is 453 g/mol. The first kappa shape index (κ1) is 22.6. The number of piperidine rings is 1. The molecular weight excluding hydrogens is 431 g/mol. The van der Waals surface area contributed by atoms with Crippen molar-refractivity contribution in [3.05, 3.63) is 71.3 Å². The Morgan fingerprint density at radius 1 is 1.21 bits per heavy atom. The van der Waals surface area contributed by atoms with Crippen LogP contribution in [0.3, 0.4) is 0 Å². The van der Waals surface area contributed by atoms with E-state index in [2.05, 4.69) is 15.7 Å². The normalized spacial score (nSPS) is 16.8. The number of halogens is 3. The van der Waals surface area contributed by atoms with Gasteiger partial charge in [0.2, 0.25) is 5.78 Å². The molecule has 1 fully saturated rings. The Balaban J connectivity index is 1.74. The number of rotatable bonds is 6. The molecule has 6 nitrogen and oxygen atoms in total. The fourth-order valence-corrected chi connectivity index (χ4v) is 4.10. The topological polar surface area (TPSA) is 82.7 Å². The molecule has 9 heteroatoms. The molecule has 1 aliphatic rings. The van der Waals surface area contributed by atoms with Crippen LogP contribution >= 0.6 is 0 Å². The molecule has 1 aliphatic heterocycles. The molecule has 1 saturated heterocycles. The van der Waals surface area contributed by atoms with E-state index in [1.165, 1.54) is 16.8 Å². The van der Waals surface area contributed by atoms with Crippen LogP contribution in [0.5, 0.6) is 0 Å². The van der Waals surface area contributed by atoms with Gasteiger partial charge in [0.25, 0.3) is 0 Å². The maximum absolute atomic E-state index is 14.6. The van der Waals surface area contributed by atoms with E-state index in [-0.39, 0.29) is 17.3 Å². The number of Topliss-reactive ketones (excluding diaryl/α,β-unsaturated/α-hetero) is 1. The maximum atomic E-state index is 14.6. The van der Waals surface area contributed by atoms with E-state index < -0.39 is 35.0 Å². The number of carbonyl (C=O) groups excluding carboxylic acids is 1. The number of carbonyl (C=O) groups is 1. The van der Waals surface area contributed by atoms with Gasteiger partial charge in [-0.25, -0.2) is 13.2 Å². The van der Waals surface area contributed by atoms with Crippen LogP contribution in [0.15, 0.2) is 42.6 Å². The van der Waals surface area contributed by atoms with E-state index in [0.717, 1.165) is 25.0 Å². The van der Waals surface area contributed by atoms with Gasteiger partial charge in [-0.05, 0) is 49.2 Å². The fourth-order valence-electron chi connectivity index (χ4n) is 4.10. The van der Waals surface area contributed by atoms with Crippen LogP contribution in [0.2, 0.25) is 0 Å². The number of anilines is 1. The number of hydrogen-bond acceptors (Lipinski definition) is 5. The van der Waals surface area contributed by atoms with Gasteiger partial charge in [-0.3, -0.25) is 9.48 Å². The van der Waals surface area contributed by atoms with E-state index in [1.54, 1.807) is 31.4 Å². The summed E-state index contributed by atoms with van der Waals surface area (Å²) in [7, 11) is 1.66. The molecule has 1 aromatic heterocycles.